The molecule has 0 saturated heterocycles. The number of carbonyl (C=O) groups excluding carboxylic acids is 1. The second-order valence-corrected chi connectivity index (χ2v) is 5.07. The van der Waals surface area contributed by atoms with Crippen LogP contribution in [0, 0.1) is 11.7 Å². The van der Waals surface area contributed by atoms with Crippen LogP contribution in [0.2, 0.25) is 0 Å². The van der Waals surface area contributed by atoms with Crippen LogP contribution in [-0.2, 0) is 17.9 Å². The fourth-order valence-electron chi connectivity index (χ4n) is 1.81. The zero-order chi connectivity index (χ0) is 15.4. The Morgan fingerprint density at radius 1 is 1.48 bits per heavy atom. The van der Waals surface area contributed by atoms with E-state index in [1.807, 2.05) is 13.8 Å². The third-order valence-corrected chi connectivity index (χ3v) is 2.78. The van der Waals surface area contributed by atoms with E-state index in [0.717, 1.165) is 6.07 Å². The largest absolute Gasteiger partial charge is 0.454 e. The smallest absolute Gasteiger partial charge is 0.341 e. The van der Waals surface area contributed by atoms with Gasteiger partial charge in [0.05, 0.1) is 5.56 Å². The summed E-state index contributed by atoms with van der Waals surface area (Å²) in [6.07, 6.45) is 1.40. The van der Waals surface area contributed by atoms with Gasteiger partial charge in [0.2, 0.25) is 0 Å². The van der Waals surface area contributed by atoms with Crippen molar-refractivity contribution in [1.29, 1.82) is 0 Å². The minimum Gasteiger partial charge on any atom is -0.454 e. The lowest BCUT2D eigenvalue weighted by atomic mass is 10.2. The van der Waals surface area contributed by atoms with E-state index >= 15 is 0 Å². The van der Waals surface area contributed by atoms with Gasteiger partial charge in [0.1, 0.15) is 12.1 Å². The molecular formula is C14H17FN4O2. The predicted molar refractivity (Wildman–Crippen MR) is 74.8 cm³/mol. The number of aromatic nitrogens is 3. The molecule has 0 bridgehead atoms. The molecule has 0 atom stereocenters. The molecule has 0 radical (unpaired) electrons. The Morgan fingerprint density at radius 3 is 2.95 bits per heavy atom. The standard InChI is InChI=1S/C14H17FN4O2/c1-9(2)6-19-13(17-8-18-19)7-21-14(20)11-5-10(16)3-4-12(11)15/h3-5,8-9H,6-7,16H2,1-2H3. The quantitative estimate of drug-likeness (QED) is 0.673. The molecule has 0 unspecified atom stereocenters. The molecule has 0 amide bonds. The predicted octanol–water partition coefficient (Wildman–Crippen LogP) is 2.01. The number of halogens is 1. The van der Waals surface area contributed by atoms with Gasteiger partial charge in [-0.15, -0.1) is 0 Å². The molecule has 7 heteroatoms. The van der Waals surface area contributed by atoms with Crippen molar-refractivity contribution in [3.05, 3.63) is 41.7 Å². The Bertz CT molecular complexity index is 640. The maximum atomic E-state index is 13.5. The van der Waals surface area contributed by atoms with Crippen LogP contribution in [0.5, 0.6) is 0 Å². The number of ether oxygens (including phenoxy) is 1. The SMILES string of the molecule is CC(C)Cn1ncnc1COC(=O)c1cc(N)ccc1F. The lowest BCUT2D eigenvalue weighted by Crippen LogP contribution is -2.14. The van der Waals surface area contributed by atoms with Gasteiger partial charge in [0.15, 0.2) is 12.4 Å². The van der Waals surface area contributed by atoms with Gasteiger partial charge in [-0.3, -0.25) is 0 Å². The molecule has 6 nitrogen and oxygen atoms in total. The highest BCUT2D eigenvalue weighted by molar-refractivity contribution is 5.90. The summed E-state index contributed by atoms with van der Waals surface area (Å²) >= 11 is 0. The van der Waals surface area contributed by atoms with Gasteiger partial charge in [0, 0.05) is 12.2 Å². The fourth-order valence-corrected chi connectivity index (χ4v) is 1.81. The number of hydrogen-bond donors (Lipinski definition) is 1. The van der Waals surface area contributed by atoms with E-state index in [-0.39, 0.29) is 12.2 Å². The Labute approximate surface area is 121 Å². The molecule has 0 fully saturated rings. The van der Waals surface area contributed by atoms with Crippen LogP contribution in [-0.4, -0.2) is 20.7 Å². The van der Waals surface area contributed by atoms with E-state index in [1.165, 1.54) is 18.5 Å². The first-order valence-corrected chi connectivity index (χ1v) is 6.56. The zero-order valence-corrected chi connectivity index (χ0v) is 11.9. The minimum atomic E-state index is -0.779. The molecule has 1 aromatic heterocycles. The first-order valence-electron chi connectivity index (χ1n) is 6.56. The Kier molecular flexibility index (Phi) is 4.52. The molecule has 0 aliphatic heterocycles. The van der Waals surface area contributed by atoms with Crippen LogP contribution in [0.1, 0.15) is 30.0 Å². The van der Waals surface area contributed by atoms with E-state index in [9.17, 15) is 9.18 Å². The van der Waals surface area contributed by atoms with Crippen molar-refractivity contribution in [2.45, 2.75) is 27.0 Å². The average Bonchev–Trinajstić information content (AvgIpc) is 2.85. The number of rotatable bonds is 5. The number of nitrogens with two attached hydrogens (primary N) is 1. The van der Waals surface area contributed by atoms with Gasteiger partial charge < -0.3 is 10.5 Å². The van der Waals surface area contributed by atoms with Crippen molar-refractivity contribution in [3.63, 3.8) is 0 Å². The highest BCUT2D eigenvalue weighted by Crippen LogP contribution is 2.14. The third kappa shape index (κ3) is 3.77. The second-order valence-electron chi connectivity index (χ2n) is 5.07. The van der Waals surface area contributed by atoms with Crippen LogP contribution in [0.3, 0.4) is 0 Å². The molecule has 21 heavy (non-hydrogen) atoms. The van der Waals surface area contributed by atoms with Gasteiger partial charge in [0.25, 0.3) is 0 Å². The summed E-state index contributed by atoms with van der Waals surface area (Å²) in [6, 6.07) is 3.76. The Hall–Kier alpha value is -2.44. The van der Waals surface area contributed by atoms with Crippen molar-refractivity contribution in [1.82, 2.24) is 14.8 Å². The van der Waals surface area contributed by atoms with Crippen LogP contribution in [0.25, 0.3) is 0 Å². The second kappa shape index (κ2) is 6.34. The van der Waals surface area contributed by atoms with Crippen molar-refractivity contribution in [3.8, 4) is 0 Å². The minimum absolute atomic E-state index is 0.0697. The average molecular weight is 292 g/mol. The van der Waals surface area contributed by atoms with Crippen LogP contribution in [0.4, 0.5) is 10.1 Å². The third-order valence-electron chi connectivity index (χ3n) is 2.78. The van der Waals surface area contributed by atoms with Gasteiger partial charge >= 0.3 is 5.97 Å². The summed E-state index contributed by atoms with van der Waals surface area (Å²) < 4.78 is 20.3. The first-order chi connectivity index (χ1) is 9.97. The van der Waals surface area contributed by atoms with E-state index in [4.69, 9.17) is 10.5 Å². The molecule has 0 aliphatic carbocycles. The number of anilines is 1. The summed E-state index contributed by atoms with van der Waals surface area (Å²) in [5, 5.41) is 4.06. The normalized spacial score (nSPS) is 10.9. The maximum Gasteiger partial charge on any atom is 0.341 e. The molecule has 0 spiro atoms. The molecule has 1 heterocycles. The highest BCUT2D eigenvalue weighted by atomic mass is 19.1. The van der Waals surface area contributed by atoms with E-state index < -0.39 is 11.8 Å². The maximum absolute atomic E-state index is 13.5. The monoisotopic (exact) mass is 292 g/mol. The lowest BCUT2D eigenvalue weighted by Gasteiger charge is -2.09. The van der Waals surface area contributed by atoms with E-state index in [1.54, 1.807) is 4.68 Å². The molecule has 0 saturated carbocycles. The lowest BCUT2D eigenvalue weighted by molar-refractivity contribution is 0.0450. The molecular weight excluding hydrogens is 275 g/mol. The molecule has 2 N–H and O–H groups in total. The van der Waals surface area contributed by atoms with Crippen LogP contribution >= 0.6 is 0 Å². The molecule has 1 aromatic carbocycles. The number of hydrogen-bond acceptors (Lipinski definition) is 5. The number of esters is 1. The van der Waals surface area contributed by atoms with Crippen LogP contribution < -0.4 is 5.73 Å². The fraction of sp³-hybridized carbons (Fsp3) is 0.357. The number of nitrogen functional groups attached to an aromatic ring is 1. The number of nitrogens with zero attached hydrogens (tertiary/aromatic N) is 3. The van der Waals surface area contributed by atoms with Crippen molar-refractivity contribution < 1.29 is 13.9 Å². The van der Waals surface area contributed by atoms with Gasteiger partial charge in [-0.05, 0) is 24.1 Å². The van der Waals surface area contributed by atoms with Crippen molar-refractivity contribution >= 4 is 11.7 Å². The Balaban J connectivity index is 2.04. The summed E-state index contributed by atoms with van der Waals surface area (Å²) in [7, 11) is 0. The summed E-state index contributed by atoms with van der Waals surface area (Å²) in [4.78, 5) is 15.9. The van der Waals surface area contributed by atoms with E-state index in [2.05, 4.69) is 10.1 Å². The number of benzene rings is 1. The van der Waals surface area contributed by atoms with Gasteiger partial charge in [-0.2, -0.15) is 5.10 Å². The van der Waals surface area contributed by atoms with Gasteiger partial charge in [-0.1, -0.05) is 13.8 Å². The van der Waals surface area contributed by atoms with Crippen molar-refractivity contribution in [2.75, 3.05) is 5.73 Å². The topological polar surface area (TPSA) is 83.0 Å². The summed E-state index contributed by atoms with van der Waals surface area (Å²) in [5.41, 5.74) is 5.64. The van der Waals surface area contributed by atoms with Gasteiger partial charge in [-0.25, -0.2) is 18.9 Å². The molecule has 112 valence electrons. The molecule has 0 aliphatic rings. The first kappa shape index (κ1) is 15.0. The summed E-state index contributed by atoms with van der Waals surface area (Å²) in [6.45, 7) is 4.68. The molecule has 2 rings (SSSR count). The Morgan fingerprint density at radius 2 is 2.24 bits per heavy atom. The zero-order valence-electron chi connectivity index (χ0n) is 11.9. The summed E-state index contributed by atoms with van der Waals surface area (Å²) in [5.74, 6) is -0.550. The molecule has 2 aromatic rings. The van der Waals surface area contributed by atoms with E-state index in [0.29, 0.717) is 24.0 Å². The number of carbonyl (C=O) groups is 1. The van der Waals surface area contributed by atoms with Crippen LogP contribution in [0.15, 0.2) is 24.5 Å². The van der Waals surface area contributed by atoms with Crippen molar-refractivity contribution in [2.24, 2.45) is 5.92 Å². The highest BCUT2D eigenvalue weighted by Gasteiger charge is 2.15.